The summed E-state index contributed by atoms with van der Waals surface area (Å²) in [7, 11) is 0. The zero-order chi connectivity index (χ0) is 10.1. The molecule has 2 bridgehead atoms. The molecule has 1 N–H and O–H groups in total. The van der Waals surface area contributed by atoms with Crippen LogP contribution in [0.5, 0.6) is 0 Å². The summed E-state index contributed by atoms with van der Waals surface area (Å²) in [6.07, 6.45) is -0.514. The largest absolute Gasteiger partial charge is 0.388 e. The van der Waals surface area contributed by atoms with E-state index in [1.165, 1.54) is 0 Å². The van der Waals surface area contributed by atoms with Crippen molar-refractivity contribution in [3.63, 3.8) is 0 Å². The number of aliphatic hydroxyl groups excluding tert-OH is 1. The number of fused-ring (bicyclic) bond motifs is 2. The molecule has 2 saturated heterocycles. The standard InChI is InChI=1S/C10H16O4/c1-6(2)4-12-8-3-7(11)10-13-5-9(8)14-10/h7-11H,1,3-5H2,2H3/t7-,8+,9-,10-/m1/s1. The van der Waals surface area contributed by atoms with Crippen LogP contribution in [0.15, 0.2) is 12.2 Å². The number of ether oxygens (including phenoxy) is 3. The maximum absolute atomic E-state index is 9.58. The summed E-state index contributed by atoms with van der Waals surface area (Å²) < 4.78 is 16.3. The van der Waals surface area contributed by atoms with Crippen LogP contribution >= 0.6 is 0 Å². The molecular weight excluding hydrogens is 184 g/mol. The number of hydrogen-bond acceptors (Lipinski definition) is 4. The lowest BCUT2D eigenvalue weighted by Gasteiger charge is -2.30. The zero-order valence-electron chi connectivity index (χ0n) is 8.31. The van der Waals surface area contributed by atoms with Crippen molar-refractivity contribution in [3.05, 3.63) is 12.2 Å². The lowest BCUT2D eigenvalue weighted by atomic mass is 10.0. The van der Waals surface area contributed by atoms with Crippen LogP contribution in [0.25, 0.3) is 0 Å². The summed E-state index contributed by atoms with van der Waals surface area (Å²) in [5.41, 5.74) is 0.973. The first-order valence-corrected chi connectivity index (χ1v) is 4.88. The fraction of sp³-hybridized carbons (Fsp3) is 0.800. The highest BCUT2D eigenvalue weighted by Crippen LogP contribution is 2.29. The van der Waals surface area contributed by atoms with E-state index in [2.05, 4.69) is 6.58 Å². The van der Waals surface area contributed by atoms with Gasteiger partial charge in [-0.3, -0.25) is 0 Å². The minimum Gasteiger partial charge on any atom is -0.388 e. The first-order chi connectivity index (χ1) is 6.66. The Hall–Kier alpha value is -0.420. The van der Waals surface area contributed by atoms with Crippen molar-refractivity contribution in [2.75, 3.05) is 13.2 Å². The molecule has 0 aromatic heterocycles. The van der Waals surface area contributed by atoms with Crippen LogP contribution < -0.4 is 0 Å². The molecule has 0 aromatic rings. The van der Waals surface area contributed by atoms with Gasteiger partial charge in [-0.1, -0.05) is 12.2 Å². The minimum atomic E-state index is -0.566. The molecule has 2 fully saturated rings. The van der Waals surface area contributed by atoms with E-state index in [9.17, 15) is 5.11 Å². The molecule has 2 heterocycles. The van der Waals surface area contributed by atoms with E-state index >= 15 is 0 Å². The second-order valence-corrected chi connectivity index (χ2v) is 3.99. The molecule has 0 amide bonds. The van der Waals surface area contributed by atoms with E-state index in [-0.39, 0.29) is 12.2 Å². The summed E-state index contributed by atoms with van der Waals surface area (Å²) in [6.45, 7) is 6.70. The van der Waals surface area contributed by atoms with Gasteiger partial charge >= 0.3 is 0 Å². The molecule has 4 nitrogen and oxygen atoms in total. The molecule has 0 radical (unpaired) electrons. The smallest absolute Gasteiger partial charge is 0.184 e. The molecule has 2 aliphatic heterocycles. The summed E-state index contributed by atoms with van der Waals surface area (Å²) in [5, 5.41) is 9.58. The van der Waals surface area contributed by atoms with Crippen LogP contribution in [0.3, 0.4) is 0 Å². The Kier molecular flexibility index (Phi) is 2.88. The lowest BCUT2D eigenvalue weighted by molar-refractivity contribution is -0.189. The van der Waals surface area contributed by atoms with E-state index in [0.29, 0.717) is 19.6 Å². The molecule has 80 valence electrons. The minimum absolute atomic E-state index is 0.0252. The van der Waals surface area contributed by atoms with Gasteiger partial charge in [0.1, 0.15) is 12.2 Å². The maximum Gasteiger partial charge on any atom is 0.184 e. The Morgan fingerprint density at radius 1 is 1.64 bits per heavy atom. The van der Waals surface area contributed by atoms with Crippen molar-refractivity contribution in [1.82, 2.24) is 0 Å². The van der Waals surface area contributed by atoms with E-state index in [1.54, 1.807) is 0 Å². The summed E-state index contributed by atoms with van der Waals surface area (Å²) >= 11 is 0. The van der Waals surface area contributed by atoms with Crippen molar-refractivity contribution >= 4 is 0 Å². The van der Waals surface area contributed by atoms with Gasteiger partial charge in [0.2, 0.25) is 0 Å². The van der Waals surface area contributed by atoms with E-state index in [4.69, 9.17) is 14.2 Å². The van der Waals surface area contributed by atoms with E-state index in [1.807, 2.05) is 6.92 Å². The second kappa shape index (κ2) is 3.98. The Labute approximate surface area is 83.5 Å². The van der Waals surface area contributed by atoms with Crippen molar-refractivity contribution in [1.29, 1.82) is 0 Å². The Bertz CT molecular complexity index is 228. The topological polar surface area (TPSA) is 47.9 Å². The summed E-state index contributed by atoms with van der Waals surface area (Å²) in [5.74, 6) is 0. The summed E-state index contributed by atoms with van der Waals surface area (Å²) in [6, 6.07) is 0. The highest BCUT2D eigenvalue weighted by molar-refractivity contribution is 4.91. The Morgan fingerprint density at radius 2 is 2.43 bits per heavy atom. The fourth-order valence-electron chi connectivity index (χ4n) is 1.76. The number of rotatable bonds is 3. The molecule has 14 heavy (non-hydrogen) atoms. The molecule has 2 rings (SSSR count). The van der Waals surface area contributed by atoms with E-state index < -0.39 is 12.4 Å². The molecule has 4 heteroatoms. The normalized spacial score (nSPS) is 41.3. The number of aliphatic hydroxyl groups is 1. The van der Waals surface area contributed by atoms with Gasteiger partial charge in [-0.25, -0.2) is 0 Å². The Balaban J connectivity index is 1.89. The summed E-state index contributed by atoms with van der Waals surface area (Å²) in [4.78, 5) is 0. The van der Waals surface area contributed by atoms with Gasteiger partial charge in [0, 0.05) is 6.42 Å². The second-order valence-electron chi connectivity index (χ2n) is 3.99. The first kappa shape index (κ1) is 10.1. The average Bonchev–Trinajstić information content (AvgIpc) is 2.55. The third kappa shape index (κ3) is 1.98. The molecule has 0 unspecified atom stereocenters. The van der Waals surface area contributed by atoms with Gasteiger partial charge in [0.05, 0.1) is 19.3 Å². The first-order valence-electron chi connectivity index (χ1n) is 4.88. The van der Waals surface area contributed by atoms with Crippen LogP contribution in [0, 0.1) is 0 Å². The molecule has 0 saturated carbocycles. The predicted molar refractivity (Wildman–Crippen MR) is 49.8 cm³/mol. The van der Waals surface area contributed by atoms with Gasteiger partial charge in [0.15, 0.2) is 6.29 Å². The van der Waals surface area contributed by atoms with Gasteiger partial charge in [-0.2, -0.15) is 0 Å². The molecule has 2 aliphatic rings. The van der Waals surface area contributed by atoms with Crippen LogP contribution in [-0.4, -0.2) is 42.9 Å². The van der Waals surface area contributed by atoms with Crippen molar-refractivity contribution in [3.8, 4) is 0 Å². The zero-order valence-corrected chi connectivity index (χ0v) is 8.31. The third-order valence-corrected chi connectivity index (χ3v) is 2.48. The molecule has 4 atom stereocenters. The molecule has 0 spiro atoms. The highest BCUT2D eigenvalue weighted by atomic mass is 16.7. The third-order valence-electron chi connectivity index (χ3n) is 2.48. The predicted octanol–water partition coefficient (Wildman–Crippen LogP) is 0.454. The van der Waals surface area contributed by atoms with E-state index in [0.717, 1.165) is 5.57 Å². The Morgan fingerprint density at radius 3 is 3.14 bits per heavy atom. The lowest BCUT2D eigenvalue weighted by Crippen LogP contribution is -2.43. The molecular formula is C10H16O4. The van der Waals surface area contributed by atoms with Crippen LogP contribution in [0.1, 0.15) is 13.3 Å². The SMILES string of the molecule is C=C(C)CO[C@H]1C[C@@H](O)[C@@H]2OC[C@H]1O2. The van der Waals surface area contributed by atoms with Crippen molar-refractivity contribution in [2.24, 2.45) is 0 Å². The van der Waals surface area contributed by atoms with Crippen molar-refractivity contribution < 1.29 is 19.3 Å². The number of hydrogen-bond donors (Lipinski definition) is 1. The van der Waals surface area contributed by atoms with Gasteiger partial charge in [-0.05, 0) is 6.92 Å². The molecule has 0 aliphatic carbocycles. The average molecular weight is 200 g/mol. The van der Waals surface area contributed by atoms with Crippen LogP contribution in [0.2, 0.25) is 0 Å². The van der Waals surface area contributed by atoms with Crippen LogP contribution in [-0.2, 0) is 14.2 Å². The monoisotopic (exact) mass is 200 g/mol. The quantitative estimate of drug-likeness (QED) is 0.672. The van der Waals surface area contributed by atoms with Gasteiger partial charge in [-0.15, -0.1) is 0 Å². The molecule has 0 aromatic carbocycles. The van der Waals surface area contributed by atoms with Crippen LogP contribution in [0.4, 0.5) is 0 Å². The fourth-order valence-corrected chi connectivity index (χ4v) is 1.76. The van der Waals surface area contributed by atoms with Gasteiger partial charge in [0.25, 0.3) is 0 Å². The highest BCUT2D eigenvalue weighted by Gasteiger charge is 2.43. The van der Waals surface area contributed by atoms with Crippen molar-refractivity contribution in [2.45, 2.75) is 37.9 Å². The maximum atomic E-state index is 9.58. The van der Waals surface area contributed by atoms with Gasteiger partial charge < -0.3 is 19.3 Å².